The zero-order chi connectivity index (χ0) is 19.9. The lowest BCUT2D eigenvalue weighted by Crippen LogP contribution is -2.18. The SMILES string of the molecule is O=S(=O)(c1ccccc1)c1cc2cc(Cl)ccc2n1S(=O)(=O)c1ccccc1. The number of aromatic nitrogens is 1. The summed E-state index contributed by atoms with van der Waals surface area (Å²) in [6.07, 6.45) is 0. The maximum atomic E-state index is 13.4. The second kappa shape index (κ2) is 6.77. The molecular weight excluding hydrogens is 418 g/mol. The van der Waals surface area contributed by atoms with Crippen molar-refractivity contribution >= 4 is 42.4 Å². The number of rotatable bonds is 4. The van der Waals surface area contributed by atoms with Crippen LogP contribution in [0.25, 0.3) is 10.9 Å². The number of benzene rings is 3. The molecule has 0 spiro atoms. The monoisotopic (exact) mass is 431 g/mol. The Morgan fingerprint density at radius 1 is 0.679 bits per heavy atom. The summed E-state index contributed by atoms with van der Waals surface area (Å²) in [4.78, 5) is 0.000349. The van der Waals surface area contributed by atoms with E-state index >= 15 is 0 Å². The van der Waals surface area contributed by atoms with Crippen LogP contribution in [0.4, 0.5) is 0 Å². The Morgan fingerprint density at radius 2 is 1.25 bits per heavy atom. The Morgan fingerprint density at radius 3 is 1.86 bits per heavy atom. The van der Waals surface area contributed by atoms with Gasteiger partial charge in [0, 0.05) is 10.4 Å². The Labute approximate surface area is 167 Å². The van der Waals surface area contributed by atoms with Gasteiger partial charge in [0.25, 0.3) is 10.0 Å². The average Bonchev–Trinajstić information content (AvgIpc) is 3.09. The summed E-state index contributed by atoms with van der Waals surface area (Å²) >= 11 is 6.03. The molecule has 0 atom stereocenters. The van der Waals surface area contributed by atoms with Crippen molar-refractivity contribution in [1.82, 2.24) is 3.97 Å². The molecular formula is C20H14ClNO4S2. The van der Waals surface area contributed by atoms with Crippen LogP contribution in [0.5, 0.6) is 0 Å². The van der Waals surface area contributed by atoms with Crippen molar-refractivity contribution in [3.63, 3.8) is 0 Å². The van der Waals surface area contributed by atoms with Gasteiger partial charge in [-0.15, -0.1) is 0 Å². The van der Waals surface area contributed by atoms with Crippen molar-refractivity contribution in [2.24, 2.45) is 0 Å². The summed E-state index contributed by atoms with van der Waals surface area (Å²) in [6.45, 7) is 0. The van der Waals surface area contributed by atoms with Crippen molar-refractivity contribution in [2.45, 2.75) is 14.8 Å². The van der Waals surface area contributed by atoms with E-state index in [9.17, 15) is 16.8 Å². The second-order valence-electron chi connectivity index (χ2n) is 6.08. The van der Waals surface area contributed by atoms with E-state index in [2.05, 4.69) is 0 Å². The molecule has 0 bridgehead atoms. The quantitative estimate of drug-likeness (QED) is 0.481. The zero-order valence-electron chi connectivity index (χ0n) is 14.4. The third-order valence-electron chi connectivity index (χ3n) is 4.30. The van der Waals surface area contributed by atoms with Crippen LogP contribution in [-0.2, 0) is 19.9 Å². The molecule has 5 nitrogen and oxygen atoms in total. The molecule has 4 rings (SSSR count). The van der Waals surface area contributed by atoms with E-state index in [1.165, 1.54) is 48.5 Å². The van der Waals surface area contributed by atoms with Crippen molar-refractivity contribution in [1.29, 1.82) is 0 Å². The number of hydrogen-bond acceptors (Lipinski definition) is 4. The van der Waals surface area contributed by atoms with Gasteiger partial charge in [0.05, 0.1) is 15.3 Å². The Balaban J connectivity index is 2.10. The number of halogens is 1. The standard InChI is InChI=1S/C20H14ClNO4S2/c21-16-11-12-19-15(13-16)14-20(27(23,24)17-7-3-1-4-8-17)22(19)28(25,26)18-9-5-2-6-10-18/h1-14H. The topological polar surface area (TPSA) is 73.2 Å². The van der Waals surface area contributed by atoms with Crippen molar-refractivity contribution in [3.05, 3.63) is 90.0 Å². The van der Waals surface area contributed by atoms with E-state index in [0.717, 1.165) is 3.97 Å². The van der Waals surface area contributed by atoms with Gasteiger partial charge in [0.15, 0.2) is 5.03 Å². The maximum absolute atomic E-state index is 13.4. The summed E-state index contributed by atoms with van der Waals surface area (Å²) in [7, 11) is -8.26. The average molecular weight is 432 g/mol. The van der Waals surface area contributed by atoms with Gasteiger partial charge in [-0.3, -0.25) is 0 Å². The summed E-state index contributed by atoms with van der Waals surface area (Å²) in [5.41, 5.74) is 0.239. The van der Waals surface area contributed by atoms with Crippen LogP contribution in [-0.4, -0.2) is 20.8 Å². The fourth-order valence-electron chi connectivity index (χ4n) is 2.99. The molecule has 0 saturated heterocycles. The zero-order valence-corrected chi connectivity index (χ0v) is 16.7. The highest BCUT2D eigenvalue weighted by Crippen LogP contribution is 2.33. The fourth-order valence-corrected chi connectivity index (χ4v) is 6.54. The molecule has 0 radical (unpaired) electrons. The van der Waals surface area contributed by atoms with Gasteiger partial charge in [-0.2, -0.15) is 0 Å². The molecule has 1 heterocycles. The van der Waals surface area contributed by atoms with E-state index in [0.29, 0.717) is 10.4 Å². The first-order valence-electron chi connectivity index (χ1n) is 8.23. The summed E-state index contributed by atoms with van der Waals surface area (Å²) in [6, 6.07) is 21.3. The molecule has 0 aliphatic carbocycles. The minimum Gasteiger partial charge on any atom is -0.222 e. The summed E-state index contributed by atoms with van der Waals surface area (Å²) in [5.74, 6) is 0. The largest absolute Gasteiger partial charge is 0.269 e. The van der Waals surface area contributed by atoms with Crippen LogP contribution < -0.4 is 0 Å². The van der Waals surface area contributed by atoms with Crippen molar-refractivity contribution in [3.8, 4) is 0 Å². The number of nitrogens with zero attached hydrogens (tertiary/aromatic N) is 1. The van der Waals surface area contributed by atoms with Gasteiger partial charge in [-0.25, -0.2) is 20.8 Å². The molecule has 3 aromatic carbocycles. The highest BCUT2D eigenvalue weighted by atomic mass is 35.5. The molecule has 28 heavy (non-hydrogen) atoms. The molecule has 0 N–H and O–H groups in total. The molecule has 4 aromatic rings. The molecule has 0 saturated carbocycles. The van der Waals surface area contributed by atoms with Gasteiger partial charge in [0.1, 0.15) is 0 Å². The molecule has 8 heteroatoms. The summed E-state index contributed by atoms with van der Waals surface area (Å²) in [5, 5.41) is 0.465. The molecule has 0 aliphatic heterocycles. The van der Waals surface area contributed by atoms with Gasteiger partial charge in [-0.05, 0) is 48.5 Å². The normalized spacial score (nSPS) is 12.3. The van der Waals surface area contributed by atoms with Crippen molar-refractivity contribution in [2.75, 3.05) is 0 Å². The first-order valence-corrected chi connectivity index (χ1v) is 11.5. The summed E-state index contributed by atoms with van der Waals surface area (Å²) < 4.78 is 54.1. The third-order valence-corrected chi connectivity index (χ3v) is 8.13. The smallest absolute Gasteiger partial charge is 0.222 e. The molecule has 0 amide bonds. The van der Waals surface area contributed by atoms with E-state index < -0.39 is 19.9 Å². The highest BCUT2D eigenvalue weighted by Gasteiger charge is 2.30. The van der Waals surface area contributed by atoms with Gasteiger partial charge in [0.2, 0.25) is 9.84 Å². The van der Waals surface area contributed by atoms with Crippen LogP contribution in [0.15, 0.2) is 99.7 Å². The molecule has 0 unspecified atom stereocenters. The lowest BCUT2D eigenvalue weighted by Gasteiger charge is -2.12. The van der Waals surface area contributed by atoms with Crippen LogP contribution in [0, 0.1) is 0 Å². The molecule has 1 aromatic heterocycles. The van der Waals surface area contributed by atoms with Crippen molar-refractivity contribution < 1.29 is 16.8 Å². The first-order chi connectivity index (χ1) is 13.3. The van der Waals surface area contributed by atoms with Gasteiger partial charge in [-0.1, -0.05) is 48.0 Å². The minimum atomic E-state index is -4.16. The van der Waals surface area contributed by atoms with E-state index in [1.807, 2.05) is 0 Å². The number of fused-ring (bicyclic) bond motifs is 1. The number of sulfone groups is 1. The molecule has 0 fully saturated rings. The Kier molecular flexibility index (Phi) is 4.53. The number of hydrogen-bond donors (Lipinski definition) is 0. The van der Waals surface area contributed by atoms with Crippen LogP contribution in [0.1, 0.15) is 0 Å². The minimum absolute atomic E-state index is 0.00744. The van der Waals surface area contributed by atoms with E-state index in [4.69, 9.17) is 11.6 Å². The molecule has 142 valence electrons. The fraction of sp³-hybridized carbons (Fsp3) is 0. The molecule has 0 aliphatic rings. The third kappa shape index (κ3) is 3.01. The Bertz CT molecular complexity index is 1380. The highest BCUT2D eigenvalue weighted by molar-refractivity contribution is 7.93. The maximum Gasteiger partial charge on any atom is 0.269 e. The van der Waals surface area contributed by atoms with Gasteiger partial charge < -0.3 is 0 Å². The van der Waals surface area contributed by atoms with Crippen LogP contribution >= 0.6 is 11.6 Å². The lowest BCUT2D eigenvalue weighted by atomic mass is 10.2. The second-order valence-corrected chi connectivity index (χ2v) is 10.2. The predicted molar refractivity (Wildman–Crippen MR) is 108 cm³/mol. The van der Waals surface area contributed by atoms with E-state index in [1.54, 1.807) is 36.4 Å². The van der Waals surface area contributed by atoms with E-state index in [-0.39, 0.29) is 20.3 Å². The lowest BCUT2D eigenvalue weighted by molar-refractivity contribution is 0.574. The van der Waals surface area contributed by atoms with Gasteiger partial charge >= 0.3 is 0 Å². The van der Waals surface area contributed by atoms with Crippen LogP contribution in [0.2, 0.25) is 5.02 Å². The first kappa shape index (κ1) is 18.7. The Hall–Kier alpha value is -2.61. The predicted octanol–water partition coefficient (Wildman–Crippen LogP) is 4.36. The van der Waals surface area contributed by atoms with Crippen LogP contribution in [0.3, 0.4) is 0 Å².